The highest BCUT2D eigenvalue weighted by Gasteiger charge is 2.23. The van der Waals surface area contributed by atoms with Crippen LogP contribution in [0.25, 0.3) is 0 Å². The summed E-state index contributed by atoms with van der Waals surface area (Å²) in [5.74, 6) is 1.70. The van der Waals surface area contributed by atoms with Crippen molar-refractivity contribution in [3.05, 3.63) is 103 Å². The highest BCUT2D eigenvalue weighted by molar-refractivity contribution is 7.91. The summed E-state index contributed by atoms with van der Waals surface area (Å²) in [6.07, 6.45) is -0.267. The molecule has 4 aromatic rings. The third kappa shape index (κ3) is 16.4. The maximum Gasteiger partial charge on any atom is 0.206 e. The largest absolute Gasteiger partial charge is 0.491 e. The van der Waals surface area contributed by atoms with Gasteiger partial charge in [-0.25, -0.2) is 16.8 Å². The molecule has 0 radical (unpaired) electrons. The number of methoxy groups -OCH3 is 1. The Hall–Kier alpha value is -4.14. The summed E-state index contributed by atoms with van der Waals surface area (Å²) in [5, 5.41) is 9.75. The molecule has 0 bridgehead atoms. The molecule has 2 fully saturated rings. The molecule has 0 aliphatic carbocycles. The second-order valence-corrected chi connectivity index (χ2v) is 17.5. The predicted molar refractivity (Wildman–Crippen MR) is 219 cm³/mol. The van der Waals surface area contributed by atoms with E-state index in [1.165, 1.54) is 24.3 Å². The normalized spacial score (nSPS) is 16.3. The number of benzene rings is 4. The number of ether oxygens (including phenoxy) is 10. The van der Waals surface area contributed by atoms with Crippen LogP contribution < -0.4 is 14.2 Å². The zero-order valence-electron chi connectivity index (χ0n) is 33.8. The van der Waals surface area contributed by atoms with Gasteiger partial charge in [0.05, 0.1) is 92.3 Å². The van der Waals surface area contributed by atoms with Gasteiger partial charge in [-0.2, -0.15) is 0 Å². The van der Waals surface area contributed by atoms with E-state index in [1.807, 2.05) is 6.92 Å². The second kappa shape index (κ2) is 24.3. The molecule has 3 atom stereocenters. The number of hydrogen-bond acceptors (Lipinski definition) is 15. The summed E-state index contributed by atoms with van der Waals surface area (Å²) in [6.45, 7) is 8.00. The Balaban J connectivity index is 0.000000246. The Kier molecular flexibility index (Phi) is 19.0. The number of hydrogen-bond donors (Lipinski definition) is 1. The van der Waals surface area contributed by atoms with Crippen LogP contribution in [0.5, 0.6) is 17.2 Å². The molecule has 2 heterocycles. The molecule has 3 unspecified atom stereocenters. The number of aliphatic hydroxyl groups excluding tert-OH is 1. The molecular weight excluding hydrogens is 821 g/mol. The third-order valence-electron chi connectivity index (χ3n) is 8.69. The molecule has 0 spiro atoms. The predicted octanol–water partition coefficient (Wildman–Crippen LogP) is 4.35. The van der Waals surface area contributed by atoms with Crippen LogP contribution in [0.15, 0.2) is 117 Å². The Morgan fingerprint density at radius 1 is 0.517 bits per heavy atom. The molecule has 1 N–H and O–H groups in total. The minimum absolute atomic E-state index is 0.126. The van der Waals surface area contributed by atoms with E-state index in [1.54, 1.807) is 79.9 Å². The molecule has 2 saturated heterocycles. The lowest BCUT2D eigenvalue weighted by atomic mass is 10.2. The van der Waals surface area contributed by atoms with Crippen LogP contribution in [0.2, 0.25) is 0 Å². The summed E-state index contributed by atoms with van der Waals surface area (Å²) < 4.78 is 104. The third-order valence-corrected chi connectivity index (χ3v) is 12.3. The summed E-state index contributed by atoms with van der Waals surface area (Å²) in [7, 11) is -5.60. The van der Waals surface area contributed by atoms with Crippen molar-refractivity contribution in [3.8, 4) is 17.2 Å². The van der Waals surface area contributed by atoms with Crippen molar-refractivity contribution in [2.45, 2.75) is 44.8 Å². The average molecular weight is 875 g/mol. The van der Waals surface area contributed by atoms with Crippen molar-refractivity contribution in [2.75, 3.05) is 99.6 Å². The Labute approximate surface area is 352 Å². The maximum absolute atomic E-state index is 12.9. The van der Waals surface area contributed by atoms with Gasteiger partial charge in [0.2, 0.25) is 19.7 Å². The van der Waals surface area contributed by atoms with Gasteiger partial charge in [-0.05, 0) is 91.9 Å². The van der Waals surface area contributed by atoms with Crippen LogP contribution in [0.4, 0.5) is 0 Å². The molecule has 0 amide bonds. The number of aryl methyl sites for hydroxylation is 1. The highest BCUT2D eigenvalue weighted by atomic mass is 32.2. The molecule has 6 rings (SSSR count). The molecule has 0 saturated carbocycles. The Bertz CT molecular complexity index is 2040. The van der Waals surface area contributed by atoms with E-state index in [2.05, 4.69) is 0 Å². The molecule has 2 aliphatic heterocycles. The van der Waals surface area contributed by atoms with E-state index in [-0.39, 0.29) is 58.2 Å². The van der Waals surface area contributed by atoms with Crippen LogP contribution in [0.1, 0.15) is 5.56 Å². The van der Waals surface area contributed by atoms with Gasteiger partial charge in [-0.15, -0.1) is 0 Å². The summed E-state index contributed by atoms with van der Waals surface area (Å²) in [6, 6.07) is 25.7. The van der Waals surface area contributed by atoms with E-state index in [9.17, 15) is 21.9 Å². The van der Waals surface area contributed by atoms with Gasteiger partial charge in [-0.3, -0.25) is 0 Å². The Morgan fingerprint density at radius 3 is 1.17 bits per heavy atom. The standard InChI is InChI=1S/C25H34O10S.C18H20O5S/c1-29-10-11-30-16-20(26)17-31-12-14-33-21-2-6-24(7-3-21)36(27,28)25-8-4-22(5-9-25)34-15-13-32-18-23-19-35-23;1-14-2-6-17(7-3-14)24(19,20)18-8-4-15(5-9-18)22-11-10-21-12-16-13-23-16/h2-9,20,23,26H,10-19H2,1H3;2-9,16H,10-13H2,1H3. The van der Waals surface area contributed by atoms with Gasteiger partial charge >= 0.3 is 0 Å². The van der Waals surface area contributed by atoms with Gasteiger partial charge in [0.25, 0.3) is 0 Å². The monoisotopic (exact) mass is 874 g/mol. The van der Waals surface area contributed by atoms with Crippen molar-refractivity contribution >= 4 is 19.7 Å². The molecular formula is C43H54O15S2. The van der Waals surface area contributed by atoms with Crippen molar-refractivity contribution in [2.24, 2.45) is 0 Å². The SMILES string of the molecule is COCCOCC(O)COCCOc1ccc(S(=O)(=O)c2ccc(OCCOCC3CO3)cc2)cc1.Cc1ccc(S(=O)(=O)c2ccc(OCCOCC3CO3)cc2)cc1. The molecule has 17 heteroatoms. The number of rotatable bonds is 27. The fourth-order valence-corrected chi connectivity index (χ4v) is 7.70. The van der Waals surface area contributed by atoms with Gasteiger partial charge < -0.3 is 52.5 Å². The van der Waals surface area contributed by atoms with Crippen molar-refractivity contribution in [1.29, 1.82) is 0 Å². The van der Waals surface area contributed by atoms with E-state index in [0.29, 0.717) is 70.1 Å². The van der Waals surface area contributed by atoms with Gasteiger partial charge in [-0.1, -0.05) is 17.7 Å². The van der Waals surface area contributed by atoms with E-state index >= 15 is 0 Å². The first-order chi connectivity index (χ1) is 29.0. The van der Waals surface area contributed by atoms with Crippen LogP contribution in [-0.4, -0.2) is 140 Å². The lowest BCUT2D eigenvalue weighted by Crippen LogP contribution is -2.24. The lowest BCUT2D eigenvalue weighted by molar-refractivity contribution is -0.0320. The summed E-state index contributed by atoms with van der Waals surface area (Å²) >= 11 is 0. The molecule has 4 aromatic carbocycles. The second-order valence-electron chi connectivity index (χ2n) is 13.6. The fourth-order valence-electron chi connectivity index (χ4n) is 5.18. The number of aliphatic hydroxyl groups is 1. The van der Waals surface area contributed by atoms with Gasteiger partial charge in [0.15, 0.2) is 0 Å². The summed E-state index contributed by atoms with van der Waals surface area (Å²) in [4.78, 5) is 0.870. The van der Waals surface area contributed by atoms with Crippen LogP contribution in [-0.2, 0) is 52.8 Å². The summed E-state index contributed by atoms with van der Waals surface area (Å²) in [5.41, 5.74) is 1.02. The molecule has 328 valence electrons. The van der Waals surface area contributed by atoms with Crippen LogP contribution in [0.3, 0.4) is 0 Å². The first-order valence-corrected chi connectivity index (χ1v) is 22.5. The maximum atomic E-state index is 12.9. The van der Waals surface area contributed by atoms with Crippen molar-refractivity contribution in [3.63, 3.8) is 0 Å². The fraction of sp³-hybridized carbons (Fsp3) is 0.442. The van der Waals surface area contributed by atoms with E-state index in [4.69, 9.17) is 47.4 Å². The zero-order chi connectivity index (χ0) is 42.6. The number of sulfone groups is 2. The minimum atomic E-state index is -3.68. The minimum Gasteiger partial charge on any atom is -0.491 e. The smallest absolute Gasteiger partial charge is 0.206 e. The van der Waals surface area contributed by atoms with E-state index < -0.39 is 25.8 Å². The highest BCUT2D eigenvalue weighted by Crippen LogP contribution is 2.26. The van der Waals surface area contributed by atoms with E-state index in [0.717, 1.165) is 18.8 Å². The molecule has 15 nitrogen and oxygen atoms in total. The van der Waals surface area contributed by atoms with Crippen molar-refractivity contribution in [1.82, 2.24) is 0 Å². The van der Waals surface area contributed by atoms with Crippen LogP contribution >= 0.6 is 0 Å². The molecule has 2 aliphatic rings. The molecule has 0 aromatic heterocycles. The molecule has 60 heavy (non-hydrogen) atoms. The van der Waals surface area contributed by atoms with Crippen molar-refractivity contribution < 1.29 is 69.3 Å². The zero-order valence-corrected chi connectivity index (χ0v) is 35.5. The first-order valence-electron chi connectivity index (χ1n) is 19.5. The quantitative estimate of drug-likeness (QED) is 0.0658. The Morgan fingerprint density at radius 2 is 0.833 bits per heavy atom. The topological polar surface area (TPSA) is 187 Å². The van der Waals surface area contributed by atoms with Crippen LogP contribution in [0, 0.1) is 6.92 Å². The average Bonchev–Trinajstić information content (AvgIpc) is 4.21. The van der Waals surface area contributed by atoms with Gasteiger partial charge in [0, 0.05) is 7.11 Å². The first kappa shape index (κ1) is 46.9. The lowest BCUT2D eigenvalue weighted by Gasteiger charge is -2.12. The van der Waals surface area contributed by atoms with Gasteiger partial charge in [0.1, 0.15) is 55.4 Å². The number of epoxide rings is 2.